The fourth-order valence-corrected chi connectivity index (χ4v) is 2.84. The number of hydrogen-bond donors (Lipinski definition) is 1. The second-order valence-electron chi connectivity index (χ2n) is 6.12. The van der Waals surface area contributed by atoms with Gasteiger partial charge in [0.05, 0.1) is 11.5 Å². The number of hydrogen-bond acceptors (Lipinski definition) is 3. The van der Waals surface area contributed by atoms with Crippen LogP contribution in [0, 0.1) is 0 Å². The standard InChI is InChI=1S/C20H22F3NO3/c1-2-7-18(27-16-11-6-10-15(12-16)20(21,22)23)17(13-26-19(24)25)14-8-4-3-5-9-14/h3-6,8-12,17-18H,2,7,13H2,1H3,(H2,24,25). The molecule has 0 fully saturated rings. The van der Waals surface area contributed by atoms with Gasteiger partial charge in [-0.2, -0.15) is 13.2 Å². The van der Waals surface area contributed by atoms with Crippen LogP contribution in [0.1, 0.15) is 36.8 Å². The Morgan fingerprint density at radius 1 is 1.11 bits per heavy atom. The highest BCUT2D eigenvalue weighted by Crippen LogP contribution is 2.33. The van der Waals surface area contributed by atoms with E-state index in [-0.39, 0.29) is 18.3 Å². The maximum absolute atomic E-state index is 13.0. The quantitative estimate of drug-likeness (QED) is 0.689. The van der Waals surface area contributed by atoms with E-state index in [2.05, 4.69) is 0 Å². The van der Waals surface area contributed by atoms with Crippen LogP contribution >= 0.6 is 0 Å². The average Bonchev–Trinajstić information content (AvgIpc) is 2.62. The molecular weight excluding hydrogens is 359 g/mol. The van der Waals surface area contributed by atoms with Gasteiger partial charge in [0.2, 0.25) is 0 Å². The predicted molar refractivity (Wildman–Crippen MR) is 95.5 cm³/mol. The van der Waals surface area contributed by atoms with E-state index in [4.69, 9.17) is 15.2 Å². The lowest BCUT2D eigenvalue weighted by atomic mass is 9.91. The zero-order valence-electron chi connectivity index (χ0n) is 14.9. The summed E-state index contributed by atoms with van der Waals surface area (Å²) in [6, 6.07) is 14.0. The van der Waals surface area contributed by atoms with E-state index in [1.165, 1.54) is 12.1 Å². The second-order valence-corrected chi connectivity index (χ2v) is 6.12. The lowest BCUT2D eigenvalue weighted by molar-refractivity contribution is -0.137. The summed E-state index contributed by atoms with van der Waals surface area (Å²) in [6.07, 6.45) is -4.54. The number of carbonyl (C=O) groups is 1. The van der Waals surface area contributed by atoms with Crippen LogP contribution in [0.3, 0.4) is 0 Å². The molecule has 146 valence electrons. The number of ether oxygens (including phenoxy) is 2. The van der Waals surface area contributed by atoms with Gasteiger partial charge in [0.15, 0.2) is 0 Å². The Bertz CT molecular complexity index is 735. The monoisotopic (exact) mass is 381 g/mol. The molecule has 2 aromatic carbocycles. The molecule has 0 bridgehead atoms. The molecule has 7 heteroatoms. The normalized spacial score (nSPS) is 13.6. The minimum atomic E-state index is -4.45. The number of nitrogens with two attached hydrogens (primary N) is 1. The number of carbonyl (C=O) groups excluding carboxylic acids is 1. The van der Waals surface area contributed by atoms with E-state index in [0.717, 1.165) is 24.1 Å². The zero-order chi connectivity index (χ0) is 19.9. The van der Waals surface area contributed by atoms with Gasteiger partial charge in [0.25, 0.3) is 0 Å². The van der Waals surface area contributed by atoms with E-state index >= 15 is 0 Å². The first-order valence-corrected chi connectivity index (χ1v) is 8.62. The molecule has 2 unspecified atom stereocenters. The van der Waals surface area contributed by atoms with Gasteiger partial charge < -0.3 is 15.2 Å². The van der Waals surface area contributed by atoms with Crippen LogP contribution in [0.25, 0.3) is 0 Å². The van der Waals surface area contributed by atoms with Crippen molar-refractivity contribution < 1.29 is 27.4 Å². The molecule has 2 aromatic rings. The van der Waals surface area contributed by atoms with Crippen molar-refractivity contribution >= 4 is 6.09 Å². The van der Waals surface area contributed by atoms with Gasteiger partial charge in [-0.05, 0) is 30.2 Å². The van der Waals surface area contributed by atoms with Crippen molar-refractivity contribution in [2.24, 2.45) is 5.73 Å². The third-order valence-electron chi connectivity index (χ3n) is 4.10. The minimum Gasteiger partial charge on any atom is -0.490 e. The molecule has 2 rings (SSSR count). The smallest absolute Gasteiger partial charge is 0.416 e. The van der Waals surface area contributed by atoms with Gasteiger partial charge in [0.1, 0.15) is 18.5 Å². The number of alkyl halides is 3. The molecular formula is C20H22F3NO3. The SMILES string of the molecule is CCCC(Oc1cccc(C(F)(F)F)c1)C(COC(N)=O)c1ccccc1. The van der Waals surface area contributed by atoms with Crippen LogP contribution in [0.15, 0.2) is 54.6 Å². The zero-order valence-corrected chi connectivity index (χ0v) is 14.9. The van der Waals surface area contributed by atoms with Crippen molar-refractivity contribution in [3.8, 4) is 5.75 Å². The molecule has 2 atom stereocenters. The van der Waals surface area contributed by atoms with Crippen LogP contribution in [0.4, 0.5) is 18.0 Å². The topological polar surface area (TPSA) is 61.6 Å². The minimum absolute atomic E-state index is 0.0248. The van der Waals surface area contributed by atoms with Crippen molar-refractivity contribution in [3.63, 3.8) is 0 Å². The summed E-state index contributed by atoms with van der Waals surface area (Å²) in [4.78, 5) is 11.1. The number of rotatable bonds is 8. The molecule has 0 aromatic heterocycles. The van der Waals surface area contributed by atoms with E-state index in [1.54, 1.807) is 0 Å². The third kappa shape index (κ3) is 6.20. The highest BCUT2D eigenvalue weighted by atomic mass is 19.4. The number of benzene rings is 2. The van der Waals surface area contributed by atoms with Crippen LogP contribution in [0.5, 0.6) is 5.75 Å². The largest absolute Gasteiger partial charge is 0.490 e. The highest BCUT2D eigenvalue weighted by Gasteiger charge is 2.31. The number of amides is 1. The molecule has 0 spiro atoms. The molecule has 0 radical (unpaired) electrons. The van der Waals surface area contributed by atoms with Crippen molar-refractivity contribution in [1.82, 2.24) is 0 Å². The van der Waals surface area contributed by atoms with Crippen molar-refractivity contribution in [2.75, 3.05) is 6.61 Å². The first kappa shape index (κ1) is 20.6. The molecule has 0 aliphatic heterocycles. The van der Waals surface area contributed by atoms with Gasteiger partial charge in [-0.1, -0.05) is 49.7 Å². The Balaban J connectivity index is 2.30. The Labute approximate surface area is 156 Å². The molecule has 0 saturated carbocycles. The molecule has 0 saturated heterocycles. The van der Waals surface area contributed by atoms with Crippen molar-refractivity contribution in [1.29, 1.82) is 0 Å². The van der Waals surface area contributed by atoms with Gasteiger partial charge in [-0.3, -0.25) is 0 Å². The molecule has 1 amide bonds. The van der Waals surface area contributed by atoms with Crippen molar-refractivity contribution in [2.45, 2.75) is 38.0 Å². The van der Waals surface area contributed by atoms with Crippen molar-refractivity contribution in [3.05, 3.63) is 65.7 Å². The maximum atomic E-state index is 13.0. The summed E-state index contributed by atoms with van der Waals surface area (Å²) in [5.74, 6) is -0.253. The highest BCUT2D eigenvalue weighted by molar-refractivity contribution is 5.64. The van der Waals surface area contributed by atoms with Gasteiger partial charge >= 0.3 is 12.3 Å². The fourth-order valence-electron chi connectivity index (χ4n) is 2.84. The molecule has 4 nitrogen and oxygen atoms in total. The Kier molecular flexibility index (Phi) is 7.10. The molecule has 0 aliphatic rings. The summed E-state index contributed by atoms with van der Waals surface area (Å²) in [7, 11) is 0. The molecule has 27 heavy (non-hydrogen) atoms. The average molecular weight is 381 g/mol. The summed E-state index contributed by atoms with van der Waals surface area (Å²) in [5.41, 5.74) is 5.16. The van der Waals surface area contributed by atoms with Gasteiger partial charge in [0, 0.05) is 0 Å². The van der Waals surface area contributed by atoms with Crippen LogP contribution in [0.2, 0.25) is 0 Å². The van der Waals surface area contributed by atoms with E-state index in [1.807, 2.05) is 37.3 Å². The second kappa shape index (κ2) is 9.30. The van der Waals surface area contributed by atoms with E-state index in [9.17, 15) is 18.0 Å². The summed E-state index contributed by atoms with van der Waals surface area (Å²) >= 11 is 0. The first-order valence-electron chi connectivity index (χ1n) is 8.62. The fraction of sp³-hybridized carbons (Fsp3) is 0.350. The van der Waals surface area contributed by atoms with Crippen LogP contribution in [-0.4, -0.2) is 18.8 Å². The first-order chi connectivity index (χ1) is 12.8. The lowest BCUT2D eigenvalue weighted by Crippen LogP contribution is -2.30. The lowest BCUT2D eigenvalue weighted by Gasteiger charge is -2.28. The maximum Gasteiger partial charge on any atom is 0.416 e. The molecule has 0 heterocycles. The third-order valence-corrected chi connectivity index (χ3v) is 4.10. The predicted octanol–water partition coefficient (Wildman–Crippen LogP) is 5.13. The number of primary amides is 1. The van der Waals surface area contributed by atoms with E-state index < -0.39 is 23.9 Å². The summed E-state index contributed by atoms with van der Waals surface area (Å²) < 4.78 is 49.8. The molecule has 2 N–H and O–H groups in total. The summed E-state index contributed by atoms with van der Waals surface area (Å²) in [5, 5.41) is 0. The van der Waals surface area contributed by atoms with Gasteiger partial charge in [-0.15, -0.1) is 0 Å². The number of halogens is 3. The molecule has 0 aliphatic carbocycles. The van der Waals surface area contributed by atoms with Gasteiger partial charge in [-0.25, -0.2) is 4.79 Å². The van der Waals surface area contributed by atoms with Crippen LogP contribution in [-0.2, 0) is 10.9 Å². The Morgan fingerprint density at radius 2 is 1.81 bits per heavy atom. The van der Waals surface area contributed by atoms with Crippen LogP contribution < -0.4 is 10.5 Å². The summed E-state index contributed by atoms with van der Waals surface area (Å²) in [6.45, 7) is 1.92. The Morgan fingerprint density at radius 3 is 2.41 bits per heavy atom. The Hall–Kier alpha value is -2.70. The van der Waals surface area contributed by atoms with E-state index in [0.29, 0.717) is 6.42 Å².